The lowest BCUT2D eigenvalue weighted by Gasteiger charge is -2.14. The third kappa shape index (κ3) is 7.13. The summed E-state index contributed by atoms with van der Waals surface area (Å²) in [4.78, 5) is 4.29. The number of aromatic nitrogens is 2. The molecule has 1 aromatic heterocycles. The molecule has 2 N–H and O–H groups in total. The molecule has 0 bridgehead atoms. The Morgan fingerprint density at radius 2 is 1.79 bits per heavy atom. The zero-order valence-corrected chi connectivity index (χ0v) is 17.5. The predicted octanol–water partition coefficient (Wildman–Crippen LogP) is 2.56. The van der Waals surface area contributed by atoms with Gasteiger partial charge in [0.2, 0.25) is 0 Å². The van der Waals surface area contributed by atoms with Gasteiger partial charge in [0, 0.05) is 33.4 Å². The molecule has 7 nitrogen and oxygen atoms in total. The highest BCUT2D eigenvalue weighted by Crippen LogP contribution is 2.28. The number of benzene rings is 1. The maximum absolute atomic E-state index is 5.69. The monoisotopic (exact) mass is 387 g/mol. The predicted molar refractivity (Wildman–Crippen MR) is 113 cm³/mol. The molecule has 1 aromatic carbocycles. The summed E-state index contributed by atoms with van der Waals surface area (Å²) in [6.45, 7) is 6.87. The van der Waals surface area contributed by atoms with Gasteiger partial charge < -0.3 is 20.1 Å². The first-order valence-electron chi connectivity index (χ1n) is 9.96. The van der Waals surface area contributed by atoms with Crippen LogP contribution in [0.3, 0.4) is 0 Å². The van der Waals surface area contributed by atoms with Crippen molar-refractivity contribution >= 4 is 5.96 Å². The molecule has 0 unspecified atom stereocenters. The van der Waals surface area contributed by atoms with Crippen LogP contribution in [0.5, 0.6) is 11.5 Å². The van der Waals surface area contributed by atoms with Gasteiger partial charge >= 0.3 is 0 Å². The summed E-state index contributed by atoms with van der Waals surface area (Å²) in [5, 5.41) is 10.9. The Morgan fingerprint density at radius 3 is 2.46 bits per heavy atom. The lowest BCUT2D eigenvalue weighted by molar-refractivity contribution is 0.287. The fourth-order valence-electron chi connectivity index (χ4n) is 2.90. The molecule has 0 spiro atoms. The van der Waals surface area contributed by atoms with Crippen molar-refractivity contribution in [1.29, 1.82) is 0 Å². The van der Waals surface area contributed by atoms with Gasteiger partial charge in [0.05, 0.1) is 19.4 Å². The van der Waals surface area contributed by atoms with Crippen molar-refractivity contribution < 1.29 is 9.47 Å². The van der Waals surface area contributed by atoms with Crippen LogP contribution in [0, 0.1) is 0 Å². The van der Waals surface area contributed by atoms with E-state index in [-0.39, 0.29) is 0 Å². The van der Waals surface area contributed by atoms with Crippen LogP contribution in [-0.4, -0.2) is 49.1 Å². The van der Waals surface area contributed by atoms with E-state index in [9.17, 15) is 0 Å². The third-order valence-corrected chi connectivity index (χ3v) is 4.23. The van der Waals surface area contributed by atoms with Gasteiger partial charge in [-0.25, -0.2) is 0 Å². The number of nitrogens with one attached hydrogen (secondary N) is 2. The zero-order valence-electron chi connectivity index (χ0n) is 17.5. The van der Waals surface area contributed by atoms with E-state index in [2.05, 4.69) is 39.1 Å². The fourth-order valence-corrected chi connectivity index (χ4v) is 2.90. The lowest BCUT2D eigenvalue weighted by atomic mass is 10.1. The van der Waals surface area contributed by atoms with Crippen molar-refractivity contribution in [1.82, 2.24) is 20.4 Å². The van der Waals surface area contributed by atoms with Gasteiger partial charge in [-0.15, -0.1) is 0 Å². The highest BCUT2D eigenvalue weighted by Gasteiger charge is 2.06. The second-order valence-electron chi connectivity index (χ2n) is 6.45. The number of nitrogens with zero attached hydrogens (tertiary/aromatic N) is 3. The Balaban J connectivity index is 1.73. The first kappa shape index (κ1) is 21.6. The molecule has 0 aliphatic heterocycles. The summed E-state index contributed by atoms with van der Waals surface area (Å²) in [6, 6.07) is 6.12. The van der Waals surface area contributed by atoms with Crippen LogP contribution in [0.4, 0.5) is 0 Å². The molecule has 0 amide bonds. The molecule has 0 saturated carbocycles. The second-order valence-corrected chi connectivity index (χ2v) is 6.45. The molecule has 0 fully saturated rings. The summed E-state index contributed by atoms with van der Waals surface area (Å²) in [6.07, 6.45) is 6.89. The molecular weight excluding hydrogens is 354 g/mol. The van der Waals surface area contributed by atoms with Crippen molar-refractivity contribution in [3.63, 3.8) is 0 Å². The summed E-state index contributed by atoms with van der Waals surface area (Å²) in [5.74, 6) is 2.43. The molecule has 154 valence electrons. The Labute approximate surface area is 168 Å². The van der Waals surface area contributed by atoms with Crippen molar-refractivity contribution in [2.24, 2.45) is 12.0 Å². The Kier molecular flexibility index (Phi) is 9.18. The molecule has 28 heavy (non-hydrogen) atoms. The molecular formula is C21H33N5O2. The minimum Gasteiger partial charge on any atom is -0.490 e. The summed E-state index contributed by atoms with van der Waals surface area (Å²) in [5.41, 5.74) is 2.46. The maximum Gasteiger partial charge on any atom is 0.190 e. The van der Waals surface area contributed by atoms with Crippen LogP contribution in [0.15, 0.2) is 35.6 Å². The molecule has 0 aliphatic rings. The smallest absolute Gasteiger partial charge is 0.190 e. The fraction of sp³-hybridized carbons (Fsp3) is 0.524. The Bertz CT molecular complexity index is 742. The van der Waals surface area contributed by atoms with E-state index in [1.807, 2.05) is 37.8 Å². The Hall–Kier alpha value is -2.70. The quantitative estimate of drug-likeness (QED) is 0.352. The van der Waals surface area contributed by atoms with Gasteiger partial charge in [-0.05, 0) is 56.4 Å². The first-order valence-corrected chi connectivity index (χ1v) is 9.96. The van der Waals surface area contributed by atoms with Crippen molar-refractivity contribution in [2.75, 3.05) is 33.4 Å². The number of ether oxygens (including phenoxy) is 2. The third-order valence-electron chi connectivity index (χ3n) is 4.23. The molecule has 0 saturated heterocycles. The number of aryl methyl sites for hydroxylation is 2. The SMILES string of the molecule is CCOc1ccc(CCNC(=NC)NCCCc2cnn(C)c2)cc1OCC. The van der Waals surface area contributed by atoms with Gasteiger partial charge in [0.25, 0.3) is 0 Å². The summed E-state index contributed by atoms with van der Waals surface area (Å²) in [7, 11) is 3.73. The molecule has 0 aliphatic carbocycles. The van der Waals surface area contributed by atoms with E-state index in [0.29, 0.717) is 13.2 Å². The normalized spacial score (nSPS) is 11.4. The standard InChI is InChI=1S/C21H33N5O2/c1-5-27-19-10-9-17(14-20(19)28-6-2)11-13-24-21(22-3)23-12-7-8-18-15-25-26(4)16-18/h9-10,14-16H,5-8,11-13H2,1-4H3,(H2,22,23,24). The zero-order chi connectivity index (χ0) is 20.2. The molecule has 1 heterocycles. The van der Waals surface area contributed by atoms with E-state index >= 15 is 0 Å². The van der Waals surface area contributed by atoms with Crippen LogP contribution in [0.1, 0.15) is 31.4 Å². The van der Waals surface area contributed by atoms with Gasteiger partial charge in [-0.2, -0.15) is 5.10 Å². The van der Waals surface area contributed by atoms with Crippen LogP contribution < -0.4 is 20.1 Å². The number of rotatable bonds is 11. The highest BCUT2D eigenvalue weighted by molar-refractivity contribution is 5.79. The van der Waals surface area contributed by atoms with Crippen molar-refractivity contribution in [3.05, 3.63) is 41.7 Å². The van der Waals surface area contributed by atoms with Gasteiger partial charge in [-0.3, -0.25) is 9.67 Å². The minimum atomic E-state index is 0.622. The maximum atomic E-state index is 5.69. The minimum absolute atomic E-state index is 0.622. The van der Waals surface area contributed by atoms with Crippen LogP contribution >= 0.6 is 0 Å². The second kappa shape index (κ2) is 11.9. The van der Waals surface area contributed by atoms with E-state index in [4.69, 9.17) is 9.47 Å². The van der Waals surface area contributed by atoms with E-state index < -0.39 is 0 Å². The largest absolute Gasteiger partial charge is 0.490 e. The van der Waals surface area contributed by atoms with E-state index in [1.54, 1.807) is 7.05 Å². The average Bonchev–Trinajstić information content (AvgIpc) is 3.11. The summed E-state index contributed by atoms with van der Waals surface area (Å²) >= 11 is 0. The molecule has 7 heteroatoms. The summed E-state index contributed by atoms with van der Waals surface area (Å²) < 4.78 is 13.1. The van der Waals surface area contributed by atoms with Crippen molar-refractivity contribution in [3.8, 4) is 11.5 Å². The van der Waals surface area contributed by atoms with Gasteiger partial charge in [0.1, 0.15) is 0 Å². The number of hydrogen-bond acceptors (Lipinski definition) is 4. The van der Waals surface area contributed by atoms with Crippen LogP contribution in [-0.2, 0) is 19.9 Å². The van der Waals surface area contributed by atoms with E-state index in [0.717, 1.165) is 49.8 Å². The topological polar surface area (TPSA) is 72.7 Å². The van der Waals surface area contributed by atoms with Crippen LogP contribution in [0.2, 0.25) is 0 Å². The number of hydrogen-bond donors (Lipinski definition) is 2. The molecule has 0 radical (unpaired) electrons. The molecule has 2 aromatic rings. The number of aliphatic imine (C=N–C) groups is 1. The first-order chi connectivity index (χ1) is 13.7. The highest BCUT2D eigenvalue weighted by atomic mass is 16.5. The van der Waals surface area contributed by atoms with Gasteiger partial charge in [0.15, 0.2) is 17.5 Å². The Morgan fingerprint density at radius 1 is 1.04 bits per heavy atom. The molecule has 2 rings (SSSR count). The lowest BCUT2D eigenvalue weighted by Crippen LogP contribution is -2.38. The number of guanidine groups is 1. The van der Waals surface area contributed by atoms with Crippen LogP contribution in [0.25, 0.3) is 0 Å². The average molecular weight is 388 g/mol. The van der Waals surface area contributed by atoms with Gasteiger partial charge in [-0.1, -0.05) is 6.07 Å². The van der Waals surface area contributed by atoms with Crippen molar-refractivity contribution in [2.45, 2.75) is 33.1 Å². The van der Waals surface area contributed by atoms with E-state index in [1.165, 1.54) is 11.1 Å². The molecule has 0 atom stereocenters.